The summed E-state index contributed by atoms with van der Waals surface area (Å²) in [5, 5.41) is 15.3. The first-order valence-electron chi connectivity index (χ1n) is 7.69. The largest absolute Gasteiger partial charge is 0.445 e. The summed E-state index contributed by atoms with van der Waals surface area (Å²) in [5.41, 5.74) is 0.962. The van der Waals surface area contributed by atoms with E-state index < -0.39 is 6.09 Å². The van der Waals surface area contributed by atoms with Crippen LogP contribution in [0.15, 0.2) is 30.3 Å². The predicted octanol–water partition coefficient (Wildman–Crippen LogP) is 1.04. The van der Waals surface area contributed by atoms with Crippen LogP contribution in [0.1, 0.15) is 18.4 Å². The summed E-state index contributed by atoms with van der Waals surface area (Å²) in [6.07, 6.45) is 0.685. The van der Waals surface area contributed by atoms with Gasteiger partial charge in [-0.05, 0) is 12.0 Å². The molecule has 1 fully saturated rings. The number of carbonyl (C=O) groups excluding carboxylic acids is 1. The van der Waals surface area contributed by atoms with Crippen LogP contribution in [0.2, 0.25) is 0 Å². The lowest BCUT2D eigenvalue weighted by Crippen LogP contribution is -2.43. The fraction of sp³-hybridized carbons (Fsp3) is 0.562. The number of benzene rings is 1. The zero-order valence-corrected chi connectivity index (χ0v) is 12.7. The highest BCUT2D eigenvalue weighted by Gasteiger charge is 2.19. The lowest BCUT2D eigenvalue weighted by molar-refractivity contribution is -0.00516. The maximum atomic E-state index is 11.5. The molecule has 0 radical (unpaired) electrons. The van der Waals surface area contributed by atoms with Gasteiger partial charge >= 0.3 is 6.09 Å². The minimum absolute atomic E-state index is 0.0498. The summed E-state index contributed by atoms with van der Waals surface area (Å²) in [5.74, 6) is 0. The number of carbonyl (C=O) groups is 1. The molecule has 0 bridgehead atoms. The Morgan fingerprint density at radius 1 is 1.32 bits per heavy atom. The number of alkyl carbamates (subject to hydrolysis) is 1. The van der Waals surface area contributed by atoms with Gasteiger partial charge in [-0.1, -0.05) is 30.3 Å². The molecule has 2 unspecified atom stereocenters. The van der Waals surface area contributed by atoms with Gasteiger partial charge < -0.3 is 25.2 Å². The average molecular weight is 308 g/mol. The summed E-state index contributed by atoms with van der Waals surface area (Å²) in [6.45, 7) is 2.74. The summed E-state index contributed by atoms with van der Waals surface area (Å²) in [6, 6.07) is 9.56. The Balaban J connectivity index is 1.48. The van der Waals surface area contributed by atoms with Gasteiger partial charge in [-0.3, -0.25) is 0 Å². The Morgan fingerprint density at radius 2 is 2.14 bits per heavy atom. The van der Waals surface area contributed by atoms with Crippen LogP contribution in [-0.2, 0) is 16.1 Å². The molecular weight excluding hydrogens is 284 g/mol. The number of ether oxygens (including phenoxy) is 2. The SMILES string of the molecule is O=C(NCCCOC1CNCC(O)C1)OCc1ccccc1. The van der Waals surface area contributed by atoms with Gasteiger partial charge in [0, 0.05) is 32.7 Å². The first-order chi connectivity index (χ1) is 10.7. The third-order valence-electron chi connectivity index (χ3n) is 3.44. The first kappa shape index (κ1) is 16.7. The van der Waals surface area contributed by atoms with Crippen molar-refractivity contribution in [2.75, 3.05) is 26.2 Å². The van der Waals surface area contributed by atoms with Crippen molar-refractivity contribution in [1.82, 2.24) is 10.6 Å². The molecule has 1 amide bonds. The van der Waals surface area contributed by atoms with Gasteiger partial charge in [0.1, 0.15) is 6.61 Å². The number of aliphatic hydroxyl groups is 1. The predicted molar refractivity (Wildman–Crippen MR) is 82.5 cm³/mol. The molecular formula is C16H24N2O4. The Labute approximate surface area is 130 Å². The second-order valence-electron chi connectivity index (χ2n) is 5.38. The molecule has 22 heavy (non-hydrogen) atoms. The highest BCUT2D eigenvalue weighted by Crippen LogP contribution is 2.07. The lowest BCUT2D eigenvalue weighted by Gasteiger charge is -2.26. The summed E-state index contributed by atoms with van der Waals surface area (Å²) in [4.78, 5) is 11.5. The number of hydrogen-bond acceptors (Lipinski definition) is 5. The molecule has 1 aromatic carbocycles. The topological polar surface area (TPSA) is 79.8 Å². The quantitative estimate of drug-likeness (QED) is 0.656. The molecule has 1 heterocycles. The molecule has 0 aromatic heterocycles. The van der Waals surface area contributed by atoms with Crippen molar-refractivity contribution >= 4 is 6.09 Å². The van der Waals surface area contributed by atoms with E-state index >= 15 is 0 Å². The van der Waals surface area contributed by atoms with E-state index in [1.54, 1.807) is 0 Å². The summed E-state index contributed by atoms with van der Waals surface area (Å²) >= 11 is 0. The van der Waals surface area contributed by atoms with Crippen molar-refractivity contribution in [2.24, 2.45) is 0 Å². The van der Waals surface area contributed by atoms with E-state index in [9.17, 15) is 9.90 Å². The summed E-state index contributed by atoms with van der Waals surface area (Å²) in [7, 11) is 0. The molecule has 1 saturated heterocycles. The van der Waals surface area contributed by atoms with Crippen LogP contribution in [0.5, 0.6) is 0 Å². The smallest absolute Gasteiger partial charge is 0.407 e. The Morgan fingerprint density at radius 3 is 2.91 bits per heavy atom. The van der Waals surface area contributed by atoms with Gasteiger partial charge in [-0.25, -0.2) is 4.79 Å². The van der Waals surface area contributed by atoms with Crippen LogP contribution in [0, 0.1) is 0 Å². The molecule has 0 saturated carbocycles. The third-order valence-corrected chi connectivity index (χ3v) is 3.44. The number of hydrogen-bond donors (Lipinski definition) is 3. The van der Waals surface area contributed by atoms with Crippen LogP contribution >= 0.6 is 0 Å². The third kappa shape index (κ3) is 6.43. The maximum Gasteiger partial charge on any atom is 0.407 e. The Kier molecular flexibility index (Phi) is 7.15. The van der Waals surface area contributed by atoms with Gasteiger partial charge in [0.15, 0.2) is 0 Å². The number of β-amino-alcohol motifs (C(OH)–C–C–N with tert-alkyl or cyclic N) is 1. The fourth-order valence-corrected chi connectivity index (χ4v) is 2.29. The fourth-order valence-electron chi connectivity index (χ4n) is 2.29. The second kappa shape index (κ2) is 9.40. The average Bonchev–Trinajstić information content (AvgIpc) is 2.54. The van der Waals surface area contributed by atoms with E-state index in [1.165, 1.54) is 0 Å². The standard InChI is InChI=1S/C16H24N2O4/c19-14-9-15(11-17-10-14)21-8-4-7-18-16(20)22-12-13-5-2-1-3-6-13/h1-3,5-6,14-15,17,19H,4,7-12H2,(H,18,20). The van der Waals surface area contributed by atoms with Gasteiger partial charge in [0.2, 0.25) is 0 Å². The minimum atomic E-state index is -0.418. The number of nitrogens with one attached hydrogen (secondary N) is 2. The van der Waals surface area contributed by atoms with Gasteiger partial charge in [0.25, 0.3) is 0 Å². The van der Waals surface area contributed by atoms with Crippen LogP contribution in [0.4, 0.5) is 4.79 Å². The van der Waals surface area contributed by atoms with Crippen molar-refractivity contribution < 1.29 is 19.4 Å². The maximum absolute atomic E-state index is 11.5. The number of rotatable bonds is 7. The van der Waals surface area contributed by atoms with E-state index in [1.807, 2.05) is 30.3 Å². The van der Waals surface area contributed by atoms with Crippen molar-refractivity contribution in [3.63, 3.8) is 0 Å². The van der Waals surface area contributed by atoms with Crippen molar-refractivity contribution in [3.8, 4) is 0 Å². The van der Waals surface area contributed by atoms with Crippen LogP contribution in [0.25, 0.3) is 0 Å². The monoisotopic (exact) mass is 308 g/mol. The molecule has 3 N–H and O–H groups in total. The highest BCUT2D eigenvalue weighted by atomic mass is 16.5. The second-order valence-corrected chi connectivity index (χ2v) is 5.38. The molecule has 2 atom stereocenters. The number of piperidine rings is 1. The lowest BCUT2D eigenvalue weighted by atomic mass is 10.1. The molecule has 6 heteroatoms. The zero-order chi connectivity index (χ0) is 15.6. The molecule has 0 aliphatic carbocycles. The van der Waals surface area contributed by atoms with Crippen LogP contribution in [-0.4, -0.2) is 49.6 Å². The van der Waals surface area contributed by atoms with Crippen molar-refractivity contribution in [2.45, 2.75) is 31.7 Å². The van der Waals surface area contributed by atoms with E-state index in [4.69, 9.17) is 9.47 Å². The van der Waals surface area contributed by atoms with Gasteiger partial charge in [-0.2, -0.15) is 0 Å². The highest BCUT2D eigenvalue weighted by molar-refractivity contribution is 5.67. The number of aliphatic hydroxyl groups excluding tert-OH is 1. The van der Waals surface area contributed by atoms with Crippen molar-refractivity contribution in [1.29, 1.82) is 0 Å². The first-order valence-corrected chi connectivity index (χ1v) is 7.69. The molecule has 1 aliphatic heterocycles. The molecule has 1 aliphatic rings. The Hall–Kier alpha value is -1.63. The van der Waals surface area contributed by atoms with E-state index in [-0.39, 0.29) is 18.8 Å². The molecule has 2 rings (SSSR count). The van der Waals surface area contributed by atoms with E-state index in [0.717, 1.165) is 12.1 Å². The van der Waals surface area contributed by atoms with Crippen LogP contribution in [0.3, 0.4) is 0 Å². The Bertz CT molecular complexity index is 441. The van der Waals surface area contributed by atoms with Crippen LogP contribution < -0.4 is 10.6 Å². The van der Waals surface area contributed by atoms with E-state index in [2.05, 4.69) is 10.6 Å². The zero-order valence-electron chi connectivity index (χ0n) is 12.7. The number of amides is 1. The van der Waals surface area contributed by atoms with E-state index in [0.29, 0.717) is 32.5 Å². The van der Waals surface area contributed by atoms with Gasteiger partial charge in [0.05, 0.1) is 12.2 Å². The normalized spacial score (nSPS) is 21.3. The molecule has 6 nitrogen and oxygen atoms in total. The minimum Gasteiger partial charge on any atom is -0.445 e. The molecule has 1 aromatic rings. The molecule has 122 valence electrons. The molecule has 0 spiro atoms. The van der Waals surface area contributed by atoms with Gasteiger partial charge in [-0.15, -0.1) is 0 Å². The van der Waals surface area contributed by atoms with Crippen molar-refractivity contribution in [3.05, 3.63) is 35.9 Å². The summed E-state index contributed by atoms with van der Waals surface area (Å²) < 4.78 is 10.8.